The van der Waals surface area contributed by atoms with E-state index in [1.807, 2.05) is 37.3 Å². The number of hydrogen-bond acceptors (Lipinski definition) is 22. The van der Waals surface area contributed by atoms with Crippen LogP contribution in [-0.2, 0) is 75.2 Å². The number of rotatable bonds is 19. The first-order chi connectivity index (χ1) is 40.0. The maximum Gasteiger partial charge on any atom is 0.413 e. The van der Waals surface area contributed by atoms with Gasteiger partial charge in [0.1, 0.15) is 43.1 Å². The zero-order valence-electron chi connectivity index (χ0n) is 45.5. The Kier molecular flexibility index (Phi) is 17.1. The molecule has 26 nitrogen and oxygen atoms in total. The van der Waals surface area contributed by atoms with Gasteiger partial charge in [-0.15, -0.1) is 16.4 Å². The van der Waals surface area contributed by atoms with Gasteiger partial charge in [-0.3, -0.25) is 34.1 Å². The second-order valence-corrected chi connectivity index (χ2v) is 23.4. The van der Waals surface area contributed by atoms with Crippen molar-refractivity contribution in [2.24, 2.45) is 28.6 Å². The Hall–Kier alpha value is -7.34. The molecule has 3 aromatic rings. The van der Waals surface area contributed by atoms with Gasteiger partial charge in [0.25, 0.3) is 11.8 Å². The topological polar surface area (TPSA) is 383 Å². The lowest BCUT2D eigenvalue weighted by molar-refractivity contribution is -0.271. The van der Waals surface area contributed by atoms with E-state index in [0.29, 0.717) is 34.9 Å². The van der Waals surface area contributed by atoms with Crippen molar-refractivity contribution in [2.45, 2.75) is 139 Å². The van der Waals surface area contributed by atoms with E-state index < -0.39 is 139 Å². The summed E-state index contributed by atoms with van der Waals surface area (Å²) >= 11 is 1.27. The van der Waals surface area contributed by atoms with Crippen LogP contribution in [0.4, 0.5) is 16.3 Å². The van der Waals surface area contributed by atoms with Crippen LogP contribution in [0.2, 0.25) is 0 Å². The fourth-order valence-corrected chi connectivity index (χ4v) is 14.1. The van der Waals surface area contributed by atoms with Crippen LogP contribution in [0.1, 0.15) is 99.6 Å². The second-order valence-electron chi connectivity index (χ2n) is 22.5. The maximum absolute atomic E-state index is 14.0. The van der Waals surface area contributed by atoms with Crippen LogP contribution in [0.3, 0.4) is 0 Å². The van der Waals surface area contributed by atoms with Crippen LogP contribution in [0.15, 0.2) is 71.6 Å². The van der Waals surface area contributed by atoms with E-state index in [-0.39, 0.29) is 78.6 Å². The lowest BCUT2D eigenvalue weighted by Crippen LogP contribution is -2.63. The van der Waals surface area contributed by atoms with Crippen LogP contribution < -0.4 is 20.7 Å². The lowest BCUT2D eigenvalue weighted by atomic mass is 9.46. The van der Waals surface area contributed by atoms with Gasteiger partial charge in [0, 0.05) is 66.3 Å². The molecule has 84 heavy (non-hydrogen) atoms. The number of fused-ring (bicyclic) bond motifs is 7. The van der Waals surface area contributed by atoms with Gasteiger partial charge in [0.2, 0.25) is 18.1 Å². The number of Topliss-reactive ketones (excluding diaryl/α,β-unsaturated/α-hetero) is 1. The summed E-state index contributed by atoms with van der Waals surface area (Å²) in [6.07, 6.45) is -6.92. The Balaban J connectivity index is 0.736. The Morgan fingerprint density at radius 1 is 0.869 bits per heavy atom. The number of carboxylic acids is 1. The number of aliphatic carboxylic acids is 1. The SMILES string of the molecule is C[C@]12C=CC(=O)C=C1CC[C@@H]1[C@@H]2[C@@H](O)C[C@@]2(C)[C@H]1C[C@H]1O[C@H](c3ccc(Cc4nc(NC(=O)OCc5ccc(O[C@@H]6O[C@H](C(=O)O)[C@@H](O)[C@H](O)[C@H]6O)c(NC(=O)CCNC(=O)CCC(=O)ON6C(=O)CCC6=O)c5)cs4)cc3)O[C@]12C(=O)CO. The van der Waals surface area contributed by atoms with Crippen molar-refractivity contribution in [1.29, 1.82) is 0 Å². The number of carbonyl (C=O) groups is 9. The molecular weight excluding hydrogens is 1120 g/mol. The highest BCUT2D eigenvalue weighted by molar-refractivity contribution is 7.10. The summed E-state index contributed by atoms with van der Waals surface area (Å²) in [5.74, 6) is -6.23. The van der Waals surface area contributed by atoms with E-state index in [4.69, 9.17) is 28.5 Å². The molecular formula is C57H63N5O21S. The summed E-state index contributed by atoms with van der Waals surface area (Å²) in [6.45, 7) is 2.66. The van der Waals surface area contributed by atoms with Gasteiger partial charge < -0.3 is 69.8 Å². The number of aliphatic hydroxyl groups is 5. The number of hydroxylamine groups is 2. The molecule has 9 N–H and O–H groups in total. The predicted octanol–water partition coefficient (Wildman–Crippen LogP) is 2.19. The number of allylic oxidation sites excluding steroid dienone is 4. The highest BCUT2D eigenvalue weighted by Crippen LogP contribution is 2.70. The average Bonchev–Trinajstić information content (AvgIpc) is 1.48. The molecule has 27 heteroatoms. The number of carbonyl (C=O) groups excluding carboxylic acids is 8. The van der Waals surface area contributed by atoms with Gasteiger partial charge in [0.05, 0.1) is 29.3 Å². The molecule has 6 fully saturated rings. The molecule has 448 valence electrons. The normalized spacial score (nSPS) is 32.1. The number of aliphatic hydroxyl groups excluding tert-OH is 5. The number of amides is 5. The smallest absolute Gasteiger partial charge is 0.413 e. The molecule has 3 saturated carbocycles. The number of nitrogens with zero attached hydrogens (tertiary/aromatic N) is 2. The van der Waals surface area contributed by atoms with Gasteiger partial charge in [0.15, 0.2) is 29.6 Å². The summed E-state index contributed by atoms with van der Waals surface area (Å²) in [6, 6.07) is 11.4. The van der Waals surface area contributed by atoms with Crippen molar-refractivity contribution in [2.75, 3.05) is 23.8 Å². The number of imide groups is 1. The van der Waals surface area contributed by atoms with Gasteiger partial charge >= 0.3 is 18.0 Å². The number of ketones is 2. The van der Waals surface area contributed by atoms with E-state index in [2.05, 4.69) is 27.9 Å². The molecule has 4 aliphatic carbocycles. The molecule has 0 radical (unpaired) electrons. The monoisotopic (exact) mass is 1190 g/mol. The molecule has 0 bridgehead atoms. The van der Waals surface area contributed by atoms with Crippen LogP contribution in [-0.4, -0.2) is 156 Å². The van der Waals surface area contributed by atoms with Crippen LogP contribution in [0.25, 0.3) is 0 Å². The number of hydrogen-bond donors (Lipinski definition) is 9. The maximum atomic E-state index is 14.0. The molecule has 0 unspecified atom stereocenters. The minimum Gasteiger partial charge on any atom is -0.479 e. The minimum atomic E-state index is -2.02. The number of benzene rings is 2. The van der Waals surface area contributed by atoms with Crippen molar-refractivity contribution < 1.29 is 102 Å². The van der Waals surface area contributed by atoms with Gasteiger partial charge in [-0.1, -0.05) is 55.8 Å². The third-order valence-electron chi connectivity index (χ3n) is 17.4. The Labute approximate surface area is 483 Å². The second kappa shape index (κ2) is 24.0. The van der Waals surface area contributed by atoms with Crippen LogP contribution >= 0.6 is 11.3 Å². The first kappa shape index (κ1) is 59.8. The van der Waals surface area contributed by atoms with E-state index >= 15 is 0 Å². The number of nitrogens with one attached hydrogen (secondary N) is 3. The molecule has 14 atom stereocenters. The molecule has 5 amide bonds. The van der Waals surface area contributed by atoms with Crippen molar-refractivity contribution in [1.82, 2.24) is 15.4 Å². The Morgan fingerprint density at radius 2 is 1.61 bits per heavy atom. The molecule has 10 rings (SSSR count). The molecule has 4 heterocycles. The largest absolute Gasteiger partial charge is 0.479 e. The molecule has 3 aliphatic heterocycles. The van der Waals surface area contributed by atoms with Crippen LogP contribution in [0.5, 0.6) is 5.75 Å². The van der Waals surface area contributed by atoms with Crippen LogP contribution in [0, 0.1) is 28.6 Å². The van der Waals surface area contributed by atoms with Crippen molar-refractivity contribution in [3.8, 4) is 5.75 Å². The quantitative estimate of drug-likeness (QED) is 0.0777. The minimum absolute atomic E-state index is 0.0143. The summed E-state index contributed by atoms with van der Waals surface area (Å²) in [7, 11) is 0. The first-order valence-corrected chi connectivity index (χ1v) is 28.3. The summed E-state index contributed by atoms with van der Waals surface area (Å²) in [5.41, 5.74) is -0.212. The Bertz CT molecular complexity index is 3190. The molecule has 3 saturated heterocycles. The molecule has 7 aliphatic rings. The van der Waals surface area contributed by atoms with Crippen molar-refractivity contribution in [3.05, 3.63) is 93.3 Å². The van der Waals surface area contributed by atoms with Gasteiger partial charge in [-0.25, -0.2) is 19.4 Å². The van der Waals surface area contributed by atoms with E-state index in [9.17, 15) is 73.8 Å². The molecule has 1 aromatic heterocycles. The summed E-state index contributed by atoms with van der Waals surface area (Å²) in [5, 5.41) is 73.3. The molecule has 2 aromatic carbocycles. The number of aromatic nitrogens is 1. The van der Waals surface area contributed by atoms with Gasteiger partial charge in [-0.2, -0.15) is 0 Å². The van der Waals surface area contributed by atoms with E-state index in [0.717, 1.165) is 17.6 Å². The highest BCUT2D eigenvalue weighted by atomic mass is 32.1. The predicted molar refractivity (Wildman–Crippen MR) is 286 cm³/mol. The first-order valence-electron chi connectivity index (χ1n) is 27.4. The zero-order valence-corrected chi connectivity index (χ0v) is 46.3. The number of ether oxygens (including phenoxy) is 5. The number of carboxylic acid groups (broad SMARTS) is 1. The number of thiazole rings is 1. The summed E-state index contributed by atoms with van der Waals surface area (Å²) < 4.78 is 29.8. The van der Waals surface area contributed by atoms with Crippen molar-refractivity contribution >= 4 is 76.1 Å². The standard InChI is InChI=1S/C57H63N5O21S/c1-55-17-15-31(64)21-30(55)8-9-32-33-22-38-57(37(66)24-63,56(33,2)23-35(65)46(32)55)82-52(80-38)29-6-3-27(4-7-29)20-42-60-39(26-84-42)61-54(77)78-25-28-5-10-36(79-53-49(74)47(72)48(73)50(81-53)51(75)76)34(19-28)59-41(68)16-18-58-40(67)11-14-45(71)83-62-43(69)12-13-44(62)70/h3-7,10,15,17,19,21,26,32-33,35,38,46-50,52-53,63,65,72-74H,8-9,11-14,16,18,20,22-25H2,1-2H3,(H,58,67)(H,59,68)(H,61,77)(H,75,76)/t32-,33-,35-,38+,46+,47-,48-,49+,50-,52-,53+,55-,56-,57+/m0/s1. The Morgan fingerprint density at radius 3 is 2.33 bits per heavy atom. The van der Waals surface area contributed by atoms with Crippen molar-refractivity contribution in [3.63, 3.8) is 0 Å². The molecule has 0 spiro atoms. The average molecular weight is 1190 g/mol. The zero-order chi connectivity index (χ0) is 60.0. The van der Waals surface area contributed by atoms with Gasteiger partial charge in [-0.05, 0) is 72.9 Å². The third kappa shape index (κ3) is 11.5. The third-order valence-corrected chi connectivity index (χ3v) is 18.2. The van der Waals surface area contributed by atoms with E-state index in [1.54, 1.807) is 17.5 Å². The highest BCUT2D eigenvalue weighted by Gasteiger charge is 2.76. The lowest BCUT2D eigenvalue weighted by Gasteiger charge is -2.59. The fraction of sp³-hybridized carbons (Fsp3) is 0.509. The fourth-order valence-electron chi connectivity index (χ4n) is 13.3. The van der Waals surface area contributed by atoms with E-state index in [1.165, 1.54) is 29.5 Å². The summed E-state index contributed by atoms with van der Waals surface area (Å²) in [4.78, 5) is 122. The number of anilines is 2.